The summed E-state index contributed by atoms with van der Waals surface area (Å²) >= 11 is 5.03. The first-order valence-corrected chi connectivity index (χ1v) is 6.46. The second-order valence-electron chi connectivity index (χ2n) is 3.39. The monoisotopic (exact) mass is 285 g/mol. The summed E-state index contributed by atoms with van der Waals surface area (Å²) in [7, 11) is 0. The maximum Gasteiger partial charge on any atom is 0.169 e. The summed E-state index contributed by atoms with van der Waals surface area (Å²) in [6.45, 7) is 3.80. The highest BCUT2D eigenvalue weighted by Crippen LogP contribution is 2.15. The Kier molecular flexibility index (Phi) is 3.61. The van der Waals surface area contributed by atoms with Gasteiger partial charge in [0, 0.05) is 6.54 Å². The summed E-state index contributed by atoms with van der Waals surface area (Å²) in [4.78, 5) is 0. The van der Waals surface area contributed by atoms with Crippen LogP contribution in [0.4, 0.5) is 0 Å². The second-order valence-corrected chi connectivity index (χ2v) is 4.91. The Morgan fingerprint density at radius 3 is 2.80 bits per heavy atom. The minimum atomic E-state index is 0.765. The zero-order valence-corrected chi connectivity index (χ0v) is 10.8. The number of nitrogens with one attached hydrogen (secondary N) is 1. The fraction of sp³-hybridized carbons (Fsp3) is 0.273. The quantitative estimate of drug-likeness (QED) is 0.927. The van der Waals surface area contributed by atoms with Crippen molar-refractivity contribution in [2.24, 2.45) is 0 Å². The standard InChI is InChI=1S/C11H12BrNOS/c1-8-6-15-7-9(8)4-13-5-10-2-3-11(12)14-10/h2-3,6-7,13H,4-5H2,1H3. The van der Waals surface area contributed by atoms with Crippen LogP contribution >= 0.6 is 27.3 Å². The number of halogens is 1. The molecule has 0 aromatic carbocycles. The molecular weight excluding hydrogens is 274 g/mol. The molecule has 2 rings (SSSR count). The zero-order chi connectivity index (χ0) is 10.7. The molecule has 0 aliphatic rings. The third-order valence-electron chi connectivity index (χ3n) is 2.21. The minimum absolute atomic E-state index is 0.765. The van der Waals surface area contributed by atoms with Gasteiger partial charge < -0.3 is 9.73 Å². The maximum atomic E-state index is 5.39. The molecule has 0 aliphatic heterocycles. The molecule has 2 heterocycles. The highest BCUT2D eigenvalue weighted by atomic mass is 79.9. The van der Waals surface area contributed by atoms with E-state index < -0.39 is 0 Å². The van der Waals surface area contributed by atoms with Crippen molar-refractivity contribution in [3.8, 4) is 0 Å². The average molecular weight is 286 g/mol. The third kappa shape index (κ3) is 2.93. The van der Waals surface area contributed by atoms with E-state index in [9.17, 15) is 0 Å². The van der Waals surface area contributed by atoms with Crippen LogP contribution in [0, 0.1) is 6.92 Å². The van der Waals surface area contributed by atoms with E-state index >= 15 is 0 Å². The topological polar surface area (TPSA) is 25.2 Å². The van der Waals surface area contributed by atoms with Gasteiger partial charge in [-0.15, -0.1) is 0 Å². The average Bonchev–Trinajstić information content (AvgIpc) is 2.77. The van der Waals surface area contributed by atoms with Gasteiger partial charge in [0.2, 0.25) is 0 Å². The predicted molar refractivity (Wildman–Crippen MR) is 66.0 cm³/mol. The molecule has 0 atom stereocenters. The van der Waals surface area contributed by atoms with Crippen molar-refractivity contribution in [1.82, 2.24) is 5.32 Å². The highest BCUT2D eigenvalue weighted by molar-refractivity contribution is 9.10. The summed E-state index contributed by atoms with van der Waals surface area (Å²) in [5.41, 5.74) is 2.72. The van der Waals surface area contributed by atoms with Gasteiger partial charge in [-0.3, -0.25) is 0 Å². The number of hydrogen-bond acceptors (Lipinski definition) is 3. The number of rotatable bonds is 4. The van der Waals surface area contributed by atoms with Crippen molar-refractivity contribution in [1.29, 1.82) is 0 Å². The van der Waals surface area contributed by atoms with Crippen molar-refractivity contribution in [3.05, 3.63) is 44.4 Å². The van der Waals surface area contributed by atoms with Gasteiger partial charge in [-0.25, -0.2) is 0 Å². The van der Waals surface area contributed by atoms with Crippen LogP contribution in [-0.4, -0.2) is 0 Å². The Labute approximate surface area is 101 Å². The van der Waals surface area contributed by atoms with Gasteiger partial charge in [0.15, 0.2) is 4.67 Å². The minimum Gasteiger partial charge on any atom is -0.453 e. The lowest BCUT2D eigenvalue weighted by atomic mass is 10.2. The normalized spacial score (nSPS) is 10.8. The first-order chi connectivity index (χ1) is 7.25. The molecule has 1 N–H and O–H groups in total. The Balaban J connectivity index is 1.83. The molecule has 0 fully saturated rings. The van der Waals surface area contributed by atoms with Crippen molar-refractivity contribution < 1.29 is 4.42 Å². The molecule has 0 aliphatic carbocycles. The van der Waals surface area contributed by atoms with E-state index in [1.165, 1.54) is 11.1 Å². The molecule has 15 heavy (non-hydrogen) atoms. The number of furan rings is 1. The molecule has 0 unspecified atom stereocenters. The Bertz CT molecular complexity index is 435. The van der Waals surface area contributed by atoms with Gasteiger partial charge in [-0.05, 0) is 56.9 Å². The molecule has 0 saturated carbocycles. The summed E-state index contributed by atoms with van der Waals surface area (Å²) in [6, 6.07) is 3.88. The van der Waals surface area contributed by atoms with Crippen LogP contribution in [0.25, 0.3) is 0 Å². The van der Waals surface area contributed by atoms with Crippen LogP contribution < -0.4 is 5.32 Å². The van der Waals surface area contributed by atoms with Crippen LogP contribution in [-0.2, 0) is 13.1 Å². The van der Waals surface area contributed by atoms with E-state index in [-0.39, 0.29) is 0 Å². The van der Waals surface area contributed by atoms with Crippen LogP contribution in [0.1, 0.15) is 16.9 Å². The SMILES string of the molecule is Cc1cscc1CNCc1ccc(Br)o1. The Hall–Kier alpha value is -0.580. The fourth-order valence-electron chi connectivity index (χ4n) is 1.34. The Morgan fingerprint density at radius 1 is 1.33 bits per heavy atom. The number of hydrogen-bond donors (Lipinski definition) is 1. The van der Waals surface area contributed by atoms with Crippen molar-refractivity contribution >= 4 is 27.3 Å². The van der Waals surface area contributed by atoms with E-state index in [4.69, 9.17) is 4.42 Å². The molecule has 0 spiro atoms. The van der Waals surface area contributed by atoms with Gasteiger partial charge in [0.25, 0.3) is 0 Å². The molecule has 2 nitrogen and oxygen atoms in total. The molecule has 2 aromatic heterocycles. The summed E-state index contributed by atoms with van der Waals surface area (Å²) in [5.74, 6) is 0.953. The van der Waals surface area contributed by atoms with Crippen molar-refractivity contribution in [2.75, 3.05) is 0 Å². The molecule has 0 amide bonds. The van der Waals surface area contributed by atoms with E-state index in [0.717, 1.165) is 23.5 Å². The van der Waals surface area contributed by atoms with Gasteiger partial charge >= 0.3 is 0 Å². The smallest absolute Gasteiger partial charge is 0.169 e. The molecular formula is C11H12BrNOS. The zero-order valence-electron chi connectivity index (χ0n) is 8.42. The summed E-state index contributed by atoms with van der Waals surface area (Å²) < 4.78 is 6.17. The predicted octanol–water partition coefficient (Wildman–Crippen LogP) is 3.70. The van der Waals surface area contributed by atoms with Crippen molar-refractivity contribution in [3.63, 3.8) is 0 Å². The molecule has 80 valence electrons. The lowest BCUT2D eigenvalue weighted by molar-refractivity contribution is 0.465. The molecule has 0 bridgehead atoms. The first-order valence-electron chi connectivity index (χ1n) is 4.72. The van der Waals surface area contributed by atoms with E-state index in [2.05, 4.69) is 38.9 Å². The maximum absolute atomic E-state index is 5.39. The molecule has 0 radical (unpaired) electrons. The van der Waals surface area contributed by atoms with Crippen molar-refractivity contribution in [2.45, 2.75) is 20.0 Å². The summed E-state index contributed by atoms with van der Waals surface area (Å²) in [5, 5.41) is 7.70. The lowest BCUT2D eigenvalue weighted by Gasteiger charge is -2.01. The number of aryl methyl sites for hydroxylation is 1. The van der Waals surface area contributed by atoms with Gasteiger partial charge in [0.1, 0.15) is 5.76 Å². The van der Waals surface area contributed by atoms with Gasteiger partial charge in [0.05, 0.1) is 6.54 Å². The third-order valence-corrected chi connectivity index (χ3v) is 3.54. The largest absolute Gasteiger partial charge is 0.453 e. The van der Waals surface area contributed by atoms with E-state index in [1.54, 1.807) is 11.3 Å². The highest BCUT2D eigenvalue weighted by Gasteiger charge is 2.01. The Morgan fingerprint density at radius 2 is 2.20 bits per heavy atom. The summed E-state index contributed by atoms with van der Waals surface area (Å²) in [6.07, 6.45) is 0. The van der Waals surface area contributed by atoms with Crippen LogP contribution in [0.15, 0.2) is 32.0 Å². The lowest BCUT2D eigenvalue weighted by Crippen LogP contribution is -2.12. The van der Waals surface area contributed by atoms with E-state index in [1.807, 2.05) is 12.1 Å². The van der Waals surface area contributed by atoms with E-state index in [0.29, 0.717) is 0 Å². The molecule has 2 aromatic rings. The van der Waals surface area contributed by atoms with Gasteiger partial charge in [-0.1, -0.05) is 0 Å². The second kappa shape index (κ2) is 4.96. The first kappa shape index (κ1) is 10.9. The molecule has 4 heteroatoms. The molecule has 0 saturated heterocycles. The number of thiophene rings is 1. The van der Waals surface area contributed by atoms with Crippen LogP contribution in [0.2, 0.25) is 0 Å². The van der Waals surface area contributed by atoms with Gasteiger partial charge in [-0.2, -0.15) is 11.3 Å². The fourth-order valence-corrected chi connectivity index (χ4v) is 2.53. The van der Waals surface area contributed by atoms with Crippen LogP contribution in [0.3, 0.4) is 0 Å². The van der Waals surface area contributed by atoms with Crippen LogP contribution in [0.5, 0.6) is 0 Å².